The highest BCUT2D eigenvalue weighted by molar-refractivity contribution is 7.89. The maximum atomic E-state index is 12.8. The van der Waals surface area contributed by atoms with Crippen LogP contribution in [0.3, 0.4) is 0 Å². The first-order valence-corrected chi connectivity index (χ1v) is 12.0. The summed E-state index contributed by atoms with van der Waals surface area (Å²) in [4.78, 5) is 17.5. The van der Waals surface area contributed by atoms with Crippen LogP contribution >= 0.6 is 0 Å². The first kappa shape index (κ1) is 23.7. The van der Waals surface area contributed by atoms with Gasteiger partial charge < -0.3 is 20.3 Å². The molecule has 172 valence electrons. The smallest absolute Gasteiger partial charge is 0.244 e. The first-order valence-electron chi connectivity index (χ1n) is 10.5. The van der Waals surface area contributed by atoms with Crippen molar-refractivity contribution in [3.63, 3.8) is 0 Å². The molecule has 1 atom stereocenters. The number of benzene rings is 2. The van der Waals surface area contributed by atoms with E-state index in [0.29, 0.717) is 24.7 Å². The van der Waals surface area contributed by atoms with Gasteiger partial charge in [-0.15, -0.1) is 0 Å². The van der Waals surface area contributed by atoms with Gasteiger partial charge in [-0.2, -0.15) is 4.31 Å². The molecular formula is C22H29N5O4S. The molecule has 0 aliphatic carbocycles. The van der Waals surface area contributed by atoms with Crippen LogP contribution in [-0.4, -0.2) is 59.0 Å². The fraction of sp³-hybridized carbons (Fsp3) is 0.364. The Labute approximate surface area is 188 Å². The summed E-state index contributed by atoms with van der Waals surface area (Å²) in [6.07, 6.45) is -0.576. The third-order valence-corrected chi connectivity index (χ3v) is 7.02. The zero-order chi connectivity index (χ0) is 23.3. The lowest BCUT2D eigenvalue weighted by atomic mass is 10.3. The number of aliphatic hydroxyl groups excluding tert-OH is 1. The molecule has 1 amide bonds. The van der Waals surface area contributed by atoms with Crippen LogP contribution in [0.5, 0.6) is 0 Å². The van der Waals surface area contributed by atoms with Crippen molar-refractivity contribution in [1.82, 2.24) is 13.9 Å². The summed E-state index contributed by atoms with van der Waals surface area (Å²) < 4.78 is 28.7. The number of carbonyl (C=O) groups is 1. The lowest BCUT2D eigenvalue weighted by molar-refractivity contribution is -0.116. The molecule has 0 fully saturated rings. The van der Waals surface area contributed by atoms with Crippen LogP contribution in [0.25, 0.3) is 11.0 Å². The van der Waals surface area contributed by atoms with E-state index in [-0.39, 0.29) is 23.9 Å². The normalized spacial score (nSPS) is 12.8. The van der Waals surface area contributed by atoms with Crippen LogP contribution in [0.4, 0.5) is 11.6 Å². The average Bonchev–Trinajstić information content (AvgIpc) is 3.10. The number of carbonyl (C=O) groups excluding carboxylic acids is 1. The maximum Gasteiger partial charge on any atom is 0.244 e. The third kappa shape index (κ3) is 5.26. The van der Waals surface area contributed by atoms with Crippen LogP contribution in [0, 0.1) is 0 Å². The number of nitrogens with one attached hydrogen (secondary N) is 2. The largest absolute Gasteiger partial charge is 0.392 e. The van der Waals surface area contributed by atoms with Gasteiger partial charge in [-0.25, -0.2) is 13.4 Å². The second-order valence-corrected chi connectivity index (χ2v) is 9.34. The van der Waals surface area contributed by atoms with Gasteiger partial charge in [-0.3, -0.25) is 4.79 Å². The fourth-order valence-electron chi connectivity index (χ4n) is 3.40. The van der Waals surface area contributed by atoms with E-state index in [1.165, 1.54) is 16.4 Å². The number of hydrogen-bond acceptors (Lipinski definition) is 6. The number of fused-ring (bicyclic) bond motifs is 1. The number of para-hydroxylation sites is 2. The molecule has 0 radical (unpaired) electrons. The Morgan fingerprint density at radius 3 is 2.56 bits per heavy atom. The molecular weight excluding hydrogens is 430 g/mol. The molecule has 3 aromatic rings. The molecule has 0 saturated carbocycles. The van der Waals surface area contributed by atoms with Crippen LogP contribution < -0.4 is 10.6 Å². The van der Waals surface area contributed by atoms with E-state index in [1.54, 1.807) is 37.5 Å². The van der Waals surface area contributed by atoms with Crippen molar-refractivity contribution in [2.24, 2.45) is 0 Å². The summed E-state index contributed by atoms with van der Waals surface area (Å²) in [5.41, 5.74) is 1.89. The number of sulfonamides is 1. The second kappa shape index (κ2) is 10.1. The molecule has 9 nitrogen and oxygen atoms in total. The summed E-state index contributed by atoms with van der Waals surface area (Å²) in [6, 6.07) is 13.7. The van der Waals surface area contributed by atoms with Gasteiger partial charge >= 0.3 is 0 Å². The fourth-order valence-corrected chi connectivity index (χ4v) is 4.90. The Hall–Kier alpha value is -2.95. The van der Waals surface area contributed by atoms with Crippen molar-refractivity contribution in [3.05, 3.63) is 48.5 Å². The van der Waals surface area contributed by atoms with Crippen molar-refractivity contribution < 1.29 is 18.3 Å². The summed E-state index contributed by atoms with van der Waals surface area (Å²) in [5, 5.41) is 15.4. The van der Waals surface area contributed by atoms with Crippen molar-refractivity contribution >= 4 is 38.6 Å². The average molecular weight is 460 g/mol. The highest BCUT2D eigenvalue weighted by Gasteiger charge is 2.22. The van der Waals surface area contributed by atoms with Crippen molar-refractivity contribution in [1.29, 1.82) is 0 Å². The van der Waals surface area contributed by atoms with E-state index in [9.17, 15) is 18.3 Å². The van der Waals surface area contributed by atoms with Gasteiger partial charge in [0.05, 0.1) is 22.0 Å². The molecule has 10 heteroatoms. The number of amides is 1. The highest BCUT2D eigenvalue weighted by Crippen LogP contribution is 2.22. The Bertz CT molecular complexity index is 1190. The van der Waals surface area contributed by atoms with Gasteiger partial charge in [0.2, 0.25) is 21.9 Å². The lowest BCUT2D eigenvalue weighted by Gasteiger charge is -2.19. The monoisotopic (exact) mass is 459 g/mol. The van der Waals surface area contributed by atoms with Crippen LogP contribution in [0.15, 0.2) is 53.4 Å². The quantitative estimate of drug-likeness (QED) is 0.429. The Balaban J connectivity index is 1.82. The Morgan fingerprint density at radius 1 is 1.16 bits per heavy atom. The number of hydrogen-bond donors (Lipinski definition) is 3. The van der Waals surface area contributed by atoms with E-state index >= 15 is 0 Å². The SMILES string of the molecule is CCN(CC)S(=O)(=O)c1cccc(NC(=O)Cn2c(NCC(C)O)nc3ccccc32)c1. The van der Waals surface area contributed by atoms with Gasteiger partial charge in [-0.05, 0) is 37.3 Å². The molecule has 0 saturated heterocycles. The Morgan fingerprint density at radius 2 is 1.88 bits per heavy atom. The van der Waals surface area contributed by atoms with Crippen molar-refractivity contribution in [2.75, 3.05) is 30.3 Å². The molecule has 3 rings (SSSR count). The van der Waals surface area contributed by atoms with Gasteiger partial charge in [0.1, 0.15) is 6.54 Å². The molecule has 3 N–H and O–H groups in total. The molecule has 0 bridgehead atoms. The van der Waals surface area contributed by atoms with Crippen LogP contribution in [0.2, 0.25) is 0 Å². The second-order valence-electron chi connectivity index (χ2n) is 7.41. The minimum absolute atomic E-state index is 0.0321. The number of anilines is 2. The maximum absolute atomic E-state index is 12.8. The molecule has 0 spiro atoms. The number of aromatic nitrogens is 2. The topological polar surface area (TPSA) is 117 Å². The van der Waals surface area contributed by atoms with E-state index < -0.39 is 16.1 Å². The number of aliphatic hydroxyl groups is 1. The third-order valence-electron chi connectivity index (χ3n) is 4.97. The van der Waals surface area contributed by atoms with E-state index in [4.69, 9.17) is 0 Å². The zero-order valence-corrected chi connectivity index (χ0v) is 19.3. The summed E-state index contributed by atoms with van der Waals surface area (Å²) in [7, 11) is -3.63. The van der Waals surface area contributed by atoms with Crippen LogP contribution in [-0.2, 0) is 21.4 Å². The van der Waals surface area contributed by atoms with E-state index in [2.05, 4.69) is 15.6 Å². The molecule has 1 aromatic heterocycles. The molecule has 1 unspecified atom stereocenters. The summed E-state index contributed by atoms with van der Waals surface area (Å²) >= 11 is 0. The minimum Gasteiger partial charge on any atom is -0.392 e. The zero-order valence-electron chi connectivity index (χ0n) is 18.4. The highest BCUT2D eigenvalue weighted by atomic mass is 32.2. The van der Waals surface area contributed by atoms with E-state index in [0.717, 1.165) is 11.0 Å². The first-order chi connectivity index (χ1) is 15.3. The van der Waals surface area contributed by atoms with Gasteiger partial charge in [0, 0.05) is 25.3 Å². The molecule has 1 heterocycles. The van der Waals surface area contributed by atoms with Gasteiger partial charge in [0.25, 0.3) is 0 Å². The predicted molar refractivity (Wildman–Crippen MR) is 125 cm³/mol. The number of imidazole rings is 1. The molecule has 2 aromatic carbocycles. The predicted octanol–water partition coefficient (Wildman–Crippen LogP) is 2.50. The molecule has 0 aliphatic rings. The van der Waals surface area contributed by atoms with Gasteiger partial charge in [-0.1, -0.05) is 32.0 Å². The summed E-state index contributed by atoms with van der Waals surface area (Å²) in [6.45, 7) is 6.21. The van der Waals surface area contributed by atoms with Crippen molar-refractivity contribution in [3.8, 4) is 0 Å². The van der Waals surface area contributed by atoms with Gasteiger partial charge in [0.15, 0.2) is 0 Å². The molecule has 0 aliphatic heterocycles. The summed E-state index contributed by atoms with van der Waals surface area (Å²) in [5.74, 6) is 0.144. The number of nitrogens with zero attached hydrogens (tertiary/aromatic N) is 3. The lowest BCUT2D eigenvalue weighted by Crippen LogP contribution is -2.30. The van der Waals surface area contributed by atoms with Crippen molar-refractivity contribution in [2.45, 2.75) is 38.3 Å². The minimum atomic E-state index is -3.63. The Kier molecular flexibility index (Phi) is 7.49. The molecule has 32 heavy (non-hydrogen) atoms. The number of rotatable bonds is 10. The standard InChI is InChI=1S/C22H29N5O4S/c1-4-26(5-2)32(30,31)18-10-8-9-17(13-18)24-21(29)15-27-20-12-7-6-11-19(20)25-22(27)23-14-16(3)28/h6-13,16,28H,4-5,14-15H2,1-3H3,(H,23,25)(H,24,29). The van der Waals surface area contributed by atoms with E-state index in [1.807, 2.05) is 24.3 Å². The van der Waals surface area contributed by atoms with Crippen LogP contribution in [0.1, 0.15) is 20.8 Å².